The SMILES string of the molecule is COC(=O)C(CCCc1cccc([N+](=O)[O-])c1)OS(=O)(=O)C(F)(F)F. The molecule has 1 aromatic rings. The molecule has 0 amide bonds. The Labute approximate surface area is 140 Å². The number of hydrogen-bond donors (Lipinski definition) is 0. The minimum atomic E-state index is -5.96. The molecule has 0 fully saturated rings. The standard InChI is InChI=1S/C13H14F3NO7S/c1-23-12(18)11(24-25(21,22)13(14,15)16)7-3-5-9-4-2-6-10(8-9)17(19)20/h2,4,6,8,11H,3,5,7H2,1H3. The molecule has 1 unspecified atom stereocenters. The van der Waals surface area contributed by atoms with Crippen LogP contribution in [0.2, 0.25) is 0 Å². The van der Waals surface area contributed by atoms with Crippen molar-refractivity contribution in [2.75, 3.05) is 7.11 Å². The van der Waals surface area contributed by atoms with Crippen molar-refractivity contribution in [1.29, 1.82) is 0 Å². The van der Waals surface area contributed by atoms with E-state index < -0.39 is 32.6 Å². The van der Waals surface area contributed by atoms with E-state index >= 15 is 0 Å². The van der Waals surface area contributed by atoms with Gasteiger partial charge in [0.15, 0.2) is 6.10 Å². The van der Waals surface area contributed by atoms with E-state index in [-0.39, 0.29) is 24.9 Å². The van der Waals surface area contributed by atoms with Crippen LogP contribution in [0.3, 0.4) is 0 Å². The molecule has 1 atom stereocenters. The molecular formula is C13H14F3NO7S. The second kappa shape index (κ2) is 8.25. The third kappa shape index (κ3) is 5.98. The van der Waals surface area contributed by atoms with E-state index in [4.69, 9.17) is 0 Å². The zero-order valence-corrected chi connectivity index (χ0v) is 13.7. The van der Waals surface area contributed by atoms with Crippen molar-refractivity contribution in [3.8, 4) is 0 Å². The van der Waals surface area contributed by atoms with Crippen LogP contribution in [-0.4, -0.2) is 38.0 Å². The summed E-state index contributed by atoms with van der Waals surface area (Å²) in [7, 11) is -5.08. The van der Waals surface area contributed by atoms with Crippen LogP contribution in [0, 0.1) is 10.1 Å². The van der Waals surface area contributed by atoms with Gasteiger partial charge in [0.05, 0.1) is 12.0 Å². The quantitative estimate of drug-likeness (QED) is 0.222. The summed E-state index contributed by atoms with van der Waals surface area (Å²) in [4.78, 5) is 21.5. The average Bonchev–Trinajstić information content (AvgIpc) is 2.52. The number of carbonyl (C=O) groups excluding carboxylic acids is 1. The molecular weight excluding hydrogens is 371 g/mol. The molecule has 12 heteroatoms. The van der Waals surface area contributed by atoms with Crippen LogP contribution in [0.1, 0.15) is 18.4 Å². The van der Waals surface area contributed by atoms with E-state index in [0.717, 1.165) is 7.11 Å². The summed E-state index contributed by atoms with van der Waals surface area (Å²) in [5.41, 5.74) is -5.34. The lowest BCUT2D eigenvalue weighted by Gasteiger charge is -2.16. The fourth-order valence-corrected chi connectivity index (χ4v) is 2.45. The van der Waals surface area contributed by atoms with Gasteiger partial charge in [-0.3, -0.25) is 10.1 Å². The topological polar surface area (TPSA) is 113 Å². The summed E-state index contributed by atoms with van der Waals surface area (Å²) in [5, 5.41) is 10.7. The Balaban J connectivity index is 2.76. The summed E-state index contributed by atoms with van der Waals surface area (Å²) < 4.78 is 67.2. The number of nitro groups is 1. The Hall–Kier alpha value is -2.21. The molecule has 0 aromatic heterocycles. The molecule has 1 aromatic carbocycles. The van der Waals surface area contributed by atoms with Crippen LogP contribution in [0.25, 0.3) is 0 Å². The maximum absolute atomic E-state index is 12.3. The van der Waals surface area contributed by atoms with Gasteiger partial charge < -0.3 is 4.74 Å². The number of benzene rings is 1. The van der Waals surface area contributed by atoms with E-state index in [1.54, 1.807) is 6.07 Å². The molecule has 140 valence electrons. The molecule has 0 aliphatic heterocycles. The number of halogens is 3. The minimum absolute atomic E-state index is 0.0360. The molecule has 1 rings (SSSR count). The highest BCUT2D eigenvalue weighted by Crippen LogP contribution is 2.27. The lowest BCUT2D eigenvalue weighted by molar-refractivity contribution is -0.384. The number of rotatable bonds is 8. The maximum Gasteiger partial charge on any atom is 0.523 e. The number of alkyl halides is 3. The summed E-state index contributed by atoms with van der Waals surface area (Å²) in [6.07, 6.45) is -2.15. The van der Waals surface area contributed by atoms with E-state index in [1.807, 2.05) is 0 Å². The molecule has 0 spiro atoms. The zero-order valence-electron chi connectivity index (χ0n) is 12.9. The number of esters is 1. The van der Waals surface area contributed by atoms with Crippen molar-refractivity contribution < 1.29 is 40.2 Å². The Kier molecular flexibility index (Phi) is 6.87. The largest absolute Gasteiger partial charge is 0.523 e. The monoisotopic (exact) mass is 385 g/mol. The highest BCUT2D eigenvalue weighted by Gasteiger charge is 2.49. The van der Waals surface area contributed by atoms with Crippen LogP contribution in [-0.2, 0) is 30.3 Å². The third-order valence-electron chi connectivity index (χ3n) is 3.04. The van der Waals surface area contributed by atoms with Crippen molar-refractivity contribution in [3.63, 3.8) is 0 Å². The Morgan fingerprint density at radius 3 is 2.52 bits per heavy atom. The Morgan fingerprint density at radius 2 is 2.00 bits per heavy atom. The van der Waals surface area contributed by atoms with Gasteiger partial charge in [-0.05, 0) is 24.8 Å². The fraction of sp³-hybridized carbons (Fsp3) is 0.462. The summed E-state index contributed by atoms with van der Waals surface area (Å²) >= 11 is 0. The van der Waals surface area contributed by atoms with Gasteiger partial charge in [0.2, 0.25) is 0 Å². The first-order valence-electron chi connectivity index (χ1n) is 6.78. The smallest absolute Gasteiger partial charge is 0.467 e. The van der Waals surface area contributed by atoms with Gasteiger partial charge in [-0.25, -0.2) is 8.98 Å². The first-order valence-corrected chi connectivity index (χ1v) is 8.19. The zero-order chi connectivity index (χ0) is 19.3. The van der Waals surface area contributed by atoms with Gasteiger partial charge in [-0.2, -0.15) is 21.6 Å². The third-order valence-corrected chi connectivity index (χ3v) is 4.10. The number of non-ortho nitro benzene ring substituents is 1. The molecule has 25 heavy (non-hydrogen) atoms. The second-order valence-electron chi connectivity index (χ2n) is 4.83. The lowest BCUT2D eigenvalue weighted by Crippen LogP contribution is -2.34. The van der Waals surface area contributed by atoms with E-state index in [9.17, 15) is 36.5 Å². The van der Waals surface area contributed by atoms with Crippen LogP contribution >= 0.6 is 0 Å². The van der Waals surface area contributed by atoms with Gasteiger partial charge in [-0.15, -0.1) is 0 Å². The molecule has 0 radical (unpaired) electrons. The highest BCUT2D eigenvalue weighted by molar-refractivity contribution is 7.87. The van der Waals surface area contributed by atoms with Gasteiger partial charge >= 0.3 is 21.6 Å². The van der Waals surface area contributed by atoms with Crippen molar-refractivity contribution in [3.05, 3.63) is 39.9 Å². The lowest BCUT2D eigenvalue weighted by atomic mass is 10.1. The molecule has 0 aliphatic carbocycles. The molecule has 0 aliphatic rings. The molecule has 8 nitrogen and oxygen atoms in total. The summed E-state index contributed by atoms with van der Waals surface area (Å²) in [5.74, 6) is -1.27. The Bertz CT molecular complexity index is 733. The number of nitro benzene ring substituents is 1. The van der Waals surface area contributed by atoms with E-state index in [0.29, 0.717) is 5.56 Å². The first-order chi connectivity index (χ1) is 11.5. The van der Waals surface area contributed by atoms with Crippen molar-refractivity contribution in [2.24, 2.45) is 0 Å². The molecule has 0 N–H and O–H groups in total. The van der Waals surface area contributed by atoms with Crippen molar-refractivity contribution in [1.82, 2.24) is 0 Å². The predicted octanol–water partition coefficient (Wildman–Crippen LogP) is 2.33. The van der Waals surface area contributed by atoms with Crippen LogP contribution < -0.4 is 0 Å². The minimum Gasteiger partial charge on any atom is -0.467 e. The molecule has 0 saturated carbocycles. The summed E-state index contributed by atoms with van der Waals surface area (Å²) in [6, 6.07) is 5.50. The number of nitrogens with zero attached hydrogens (tertiary/aromatic N) is 1. The number of hydrogen-bond acceptors (Lipinski definition) is 7. The Morgan fingerprint density at radius 1 is 1.36 bits per heavy atom. The van der Waals surface area contributed by atoms with Gasteiger partial charge in [0, 0.05) is 12.1 Å². The predicted molar refractivity (Wildman–Crippen MR) is 77.9 cm³/mol. The number of methoxy groups -OCH3 is 1. The molecule has 0 saturated heterocycles. The van der Waals surface area contributed by atoms with Crippen molar-refractivity contribution >= 4 is 21.8 Å². The van der Waals surface area contributed by atoms with Crippen LogP contribution in [0.15, 0.2) is 24.3 Å². The van der Waals surface area contributed by atoms with Gasteiger partial charge in [0.1, 0.15) is 0 Å². The average molecular weight is 385 g/mol. The first kappa shape index (κ1) is 20.8. The highest BCUT2D eigenvalue weighted by atomic mass is 32.2. The van der Waals surface area contributed by atoms with Gasteiger partial charge in [0.25, 0.3) is 5.69 Å². The second-order valence-corrected chi connectivity index (χ2v) is 6.39. The van der Waals surface area contributed by atoms with E-state index in [1.165, 1.54) is 18.2 Å². The van der Waals surface area contributed by atoms with Crippen molar-refractivity contribution in [2.45, 2.75) is 30.9 Å². The normalized spacial score (nSPS) is 13.3. The number of carbonyl (C=O) groups is 1. The summed E-state index contributed by atoms with van der Waals surface area (Å²) in [6.45, 7) is 0. The van der Waals surface area contributed by atoms with Crippen LogP contribution in [0.5, 0.6) is 0 Å². The fourth-order valence-electron chi connectivity index (χ4n) is 1.86. The van der Waals surface area contributed by atoms with E-state index in [2.05, 4.69) is 8.92 Å². The van der Waals surface area contributed by atoms with Gasteiger partial charge in [-0.1, -0.05) is 12.1 Å². The molecule has 0 bridgehead atoms. The maximum atomic E-state index is 12.3. The van der Waals surface area contributed by atoms with Crippen LogP contribution in [0.4, 0.5) is 18.9 Å². The number of ether oxygens (including phenoxy) is 1. The molecule has 0 heterocycles. The number of aryl methyl sites for hydroxylation is 1.